The number of aliphatic hydroxyl groups is 1. The second kappa shape index (κ2) is 7.87. The van der Waals surface area contributed by atoms with Crippen LogP contribution in [0.5, 0.6) is 5.75 Å². The highest BCUT2D eigenvalue weighted by Gasteiger charge is 2.11. The van der Waals surface area contributed by atoms with Crippen LogP contribution in [-0.4, -0.2) is 34.3 Å². The minimum absolute atomic E-state index is 0.0765. The zero-order valence-corrected chi connectivity index (χ0v) is 15.1. The topological polar surface area (TPSA) is 67.3 Å². The number of rotatable bonds is 6. The Labute approximate surface area is 155 Å². The van der Waals surface area contributed by atoms with E-state index in [9.17, 15) is 5.11 Å². The molecule has 0 aliphatic rings. The number of anilines is 1. The zero-order valence-electron chi connectivity index (χ0n) is 13.5. The Bertz CT molecular complexity index is 889. The van der Waals surface area contributed by atoms with Crippen molar-refractivity contribution in [3.63, 3.8) is 0 Å². The lowest BCUT2D eigenvalue weighted by atomic mass is 10.3. The summed E-state index contributed by atoms with van der Waals surface area (Å²) in [6, 6.07) is 12.8. The molecule has 5 nitrogen and oxygen atoms in total. The van der Waals surface area contributed by atoms with Gasteiger partial charge in [-0.15, -0.1) is 0 Å². The molecule has 3 rings (SSSR count). The number of fused-ring (bicyclic) bond motifs is 1. The maximum absolute atomic E-state index is 10.1. The molecule has 0 aliphatic heterocycles. The van der Waals surface area contributed by atoms with Crippen molar-refractivity contribution in [1.29, 1.82) is 0 Å². The molecule has 0 saturated heterocycles. The lowest BCUT2D eigenvalue weighted by Crippen LogP contribution is -2.27. The Balaban J connectivity index is 1.59. The summed E-state index contributed by atoms with van der Waals surface area (Å²) in [7, 11) is 0. The molecular formula is C18H17Cl2N3O2. The Morgan fingerprint density at radius 2 is 1.80 bits per heavy atom. The second-order valence-electron chi connectivity index (χ2n) is 5.54. The van der Waals surface area contributed by atoms with Crippen molar-refractivity contribution in [3.05, 3.63) is 58.2 Å². The molecular weight excluding hydrogens is 361 g/mol. The van der Waals surface area contributed by atoms with E-state index in [0.717, 1.165) is 16.7 Å². The van der Waals surface area contributed by atoms with E-state index in [2.05, 4.69) is 15.3 Å². The van der Waals surface area contributed by atoms with Gasteiger partial charge in [-0.2, -0.15) is 0 Å². The number of aryl methyl sites for hydroxylation is 1. The summed E-state index contributed by atoms with van der Waals surface area (Å²) in [5.74, 6) is 1.08. The number of hydrogen-bond acceptors (Lipinski definition) is 5. The van der Waals surface area contributed by atoms with Crippen LogP contribution in [0.1, 0.15) is 5.69 Å². The molecule has 1 heterocycles. The van der Waals surface area contributed by atoms with Crippen LogP contribution < -0.4 is 10.1 Å². The molecule has 0 unspecified atom stereocenters. The van der Waals surface area contributed by atoms with E-state index in [4.69, 9.17) is 27.9 Å². The van der Waals surface area contributed by atoms with Crippen LogP contribution in [0.25, 0.3) is 11.0 Å². The van der Waals surface area contributed by atoms with Gasteiger partial charge in [0.2, 0.25) is 0 Å². The fourth-order valence-corrected chi connectivity index (χ4v) is 2.66. The highest BCUT2D eigenvalue weighted by atomic mass is 35.5. The summed E-state index contributed by atoms with van der Waals surface area (Å²) in [5.41, 5.74) is 2.40. The second-order valence-corrected chi connectivity index (χ2v) is 6.33. The molecule has 0 bridgehead atoms. The van der Waals surface area contributed by atoms with E-state index >= 15 is 0 Å². The molecule has 130 valence electrons. The molecule has 0 saturated carbocycles. The van der Waals surface area contributed by atoms with Crippen LogP contribution in [0.3, 0.4) is 0 Å². The number of halogens is 2. The molecule has 0 radical (unpaired) electrons. The Kier molecular flexibility index (Phi) is 5.58. The van der Waals surface area contributed by atoms with Crippen molar-refractivity contribution < 1.29 is 9.84 Å². The molecule has 0 spiro atoms. The predicted molar refractivity (Wildman–Crippen MR) is 101 cm³/mol. The van der Waals surface area contributed by atoms with E-state index in [-0.39, 0.29) is 13.2 Å². The highest BCUT2D eigenvalue weighted by molar-refractivity contribution is 6.42. The minimum Gasteiger partial charge on any atom is -0.489 e. The van der Waals surface area contributed by atoms with Gasteiger partial charge in [-0.05, 0) is 31.2 Å². The predicted octanol–water partition coefficient (Wildman–Crippen LogP) is 4.10. The van der Waals surface area contributed by atoms with Crippen LogP contribution in [0, 0.1) is 6.92 Å². The normalized spacial score (nSPS) is 12.2. The summed E-state index contributed by atoms with van der Waals surface area (Å²) in [6.45, 7) is 2.22. The van der Waals surface area contributed by atoms with Crippen molar-refractivity contribution in [2.24, 2.45) is 0 Å². The molecule has 2 N–H and O–H groups in total. The lowest BCUT2D eigenvalue weighted by molar-refractivity contribution is 0.117. The number of aromatic nitrogens is 2. The first kappa shape index (κ1) is 17.7. The van der Waals surface area contributed by atoms with Crippen LogP contribution in [0.15, 0.2) is 42.5 Å². The van der Waals surface area contributed by atoms with Gasteiger partial charge in [0.15, 0.2) is 0 Å². The number of nitrogens with one attached hydrogen (secondary N) is 1. The maximum atomic E-state index is 10.1. The molecule has 1 aromatic heterocycles. The summed E-state index contributed by atoms with van der Waals surface area (Å²) < 4.78 is 5.53. The Morgan fingerprint density at radius 3 is 2.56 bits per heavy atom. The van der Waals surface area contributed by atoms with E-state index in [0.29, 0.717) is 21.6 Å². The molecule has 7 heteroatoms. The molecule has 0 amide bonds. The summed E-state index contributed by atoms with van der Waals surface area (Å²) in [4.78, 5) is 9.03. The minimum atomic E-state index is -0.747. The van der Waals surface area contributed by atoms with Crippen molar-refractivity contribution in [2.75, 3.05) is 18.5 Å². The number of para-hydroxylation sites is 2. The first-order valence-electron chi connectivity index (χ1n) is 7.76. The molecule has 2 aromatic carbocycles. The zero-order chi connectivity index (χ0) is 17.8. The van der Waals surface area contributed by atoms with Crippen molar-refractivity contribution in [2.45, 2.75) is 13.0 Å². The standard InChI is InChI=1S/C18H17Cl2N3O2/c1-11-18(23-15-7-3-2-6-14(15)22-11)21-9-12(24)10-25-16-8-4-5-13(19)17(16)20/h2-8,12,24H,9-10H2,1H3,(H,21,23)/t12-/m0/s1. The van der Waals surface area contributed by atoms with Crippen molar-refractivity contribution in [1.82, 2.24) is 9.97 Å². The molecule has 25 heavy (non-hydrogen) atoms. The van der Waals surface area contributed by atoms with Crippen LogP contribution in [-0.2, 0) is 0 Å². The summed E-state index contributed by atoms with van der Waals surface area (Å²) in [6.07, 6.45) is -0.747. The number of benzene rings is 2. The number of ether oxygens (including phenoxy) is 1. The van der Waals surface area contributed by atoms with Crippen LogP contribution >= 0.6 is 23.2 Å². The monoisotopic (exact) mass is 377 g/mol. The maximum Gasteiger partial charge on any atom is 0.148 e. The van der Waals surface area contributed by atoms with Crippen molar-refractivity contribution >= 4 is 40.1 Å². The molecule has 0 fully saturated rings. The van der Waals surface area contributed by atoms with Crippen LogP contribution in [0.2, 0.25) is 10.0 Å². The van der Waals surface area contributed by atoms with E-state index < -0.39 is 6.10 Å². The molecule has 3 aromatic rings. The summed E-state index contributed by atoms with van der Waals surface area (Å²) in [5, 5.41) is 14.0. The first-order valence-corrected chi connectivity index (χ1v) is 8.52. The van der Waals surface area contributed by atoms with Gasteiger partial charge in [0, 0.05) is 6.54 Å². The van der Waals surface area contributed by atoms with Gasteiger partial charge in [0.25, 0.3) is 0 Å². The third-order valence-corrected chi connectivity index (χ3v) is 4.40. The van der Waals surface area contributed by atoms with Gasteiger partial charge in [0.05, 0.1) is 21.7 Å². The van der Waals surface area contributed by atoms with Gasteiger partial charge in [-0.25, -0.2) is 9.97 Å². The lowest BCUT2D eigenvalue weighted by Gasteiger charge is -2.15. The van der Waals surface area contributed by atoms with Crippen molar-refractivity contribution in [3.8, 4) is 5.75 Å². The first-order chi connectivity index (χ1) is 12.0. The number of hydrogen-bond donors (Lipinski definition) is 2. The van der Waals surface area contributed by atoms with E-state index in [1.54, 1.807) is 18.2 Å². The average molecular weight is 378 g/mol. The third-order valence-electron chi connectivity index (χ3n) is 3.60. The van der Waals surface area contributed by atoms with Gasteiger partial charge in [-0.3, -0.25) is 0 Å². The quantitative estimate of drug-likeness (QED) is 0.676. The molecule has 1 atom stereocenters. The third kappa shape index (κ3) is 4.31. The fourth-order valence-electron chi connectivity index (χ4n) is 2.31. The van der Waals surface area contributed by atoms with Crippen LogP contribution in [0.4, 0.5) is 5.82 Å². The SMILES string of the molecule is Cc1nc2ccccc2nc1NC[C@H](O)COc1cccc(Cl)c1Cl. The van der Waals surface area contributed by atoms with E-state index in [1.807, 2.05) is 31.2 Å². The Hall–Kier alpha value is -2.08. The van der Waals surface area contributed by atoms with E-state index in [1.165, 1.54) is 0 Å². The summed E-state index contributed by atoms with van der Waals surface area (Å²) >= 11 is 12.0. The molecule has 0 aliphatic carbocycles. The van der Waals surface area contributed by atoms with Gasteiger partial charge >= 0.3 is 0 Å². The number of aliphatic hydroxyl groups excluding tert-OH is 1. The van der Waals surface area contributed by atoms with Gasteiger partial charge < -0.3 is 15.2 Å². The Morgan fingerprint density at radius 1 is 1.08 bits per heavy atom. The number of nitrogens with zero attached hydrogens (tertiary/aromatic N) is 2. The smallest absolute Gasteiger partial charge is 0.148 e. The largest absolute Gasteiger partial charge is 0.489 e. The average Bonchev–Trinajstić information content (AvgIpc) is 2.61. The fraction of sp³-hybridized carbons (Fsp3) is 0.222. The highest BCUT2D eigenvalue weighted by Crippen LogP contribution is 2.31. The van der Waals surface area contributed by atoms with Gasteiger partial charge in [-0.1, -0.05) is 41.4 Å². The van der Waals surface area contributed by atoms with Gasteiger partial charge in [0.1, 0.15) is 29.3 Å².